The third kappa shape index (κ3) is 3.46. The van der Waals surface area contributed by atoms with E-state index in [4.69, 9.17) is 0 Å². The predicted molar refractivity (Wildman–Crippen MR) is 78.9 cm³/mol. The predicted octanol–water partition coefficient (Wildman–Crippen LogP) is 0.813. The Kier molecular flexibility index (Phi) is 4.25. The standard InChI is InChI=1S/C15H19N5O/c21-15(17-6-1-2-14-18-10-19-20-14)12-4-3-11-5-7-16-9-13(11)8-12/h3-4,8,10,16H,1-2,5-7,9H2,(H,17,21)(H,18,19,20). The van der Waals surface area contributed by atoms with Gasteiger partial charge in [0.2, 0.25) is 0 Å². The van der Waals surface area contributed by atoms with E-state index < -0.39 is 0 Å². The quantitative estimate of drug-likeness (QED) is 0.710. The monoisotopic (exact) mass is 285 g/mol. The summed E-state index contributed by atoms with van der Waals surface area (Å²) in [5.74, 6) is 0.838. The number of rotatable bonds is 5. The molecular formula is C15H19N5O. The van der Waals surface area contributed by atoms with Crippen LogP contribution in [-0.2, 0) is 19.4 Å². The molecule has 110 valence electrons. The highest BCUT2D eigenvalue weighted by molar-refractivity contribution is 5.94. The van der Waals surface area contributed by atoms with Crippen LogP contribution in [0, 0.1) is 0 Å². The Balaban J connectivity index is 1.51. The fourth-order valence-electron chi connectivity index (χ4n) is 2.53. The number of fused-ring (bicyclic) bond motifs is 1. The molecule has 0 fully saturated rings. The largest absolute Gasteiger partial charge is 0.352 e. The third-order valence-corrected chi connectivity index (χ3v) is 3.70. The molecule has 0 radical (unpaired) electrons. The van der Waals surface area contributed by atoms with Gasteiger partial charge in [-0.2, -0.15) is 5.10 Å². The third-order valence-electron chi connectivity index (χ3n) is 3.70. The Morgan fingerprint density at radius 1 is 1.33 bits per heavy atom. The molecular weight excluding hydrogens is 266 g/mol. The first-order chi connectivity index (χ1) is 10.3. The minimum atomic E-state index is -0.0130. The topological polar surface area (TPSA) is 82.7 Å². The maximum Gasteiger partial charge on any atom is 0.251 e. The Bertz CT molecular complexity index is 609. The second-order valence-electron chi connectivity index (χ2n) is 5.20. The Morgan fingerprint density at radius 3 is 3.14 bits per heavy atom. The van der Waals surface area contributed by atoms with Gasteiger partial charge >= 0.3 is 0 Å². The maximum absolute atomic E-state index is 12.1. The highest BCUT2D eigenvalue weighted by Crippen LogP contribution is 2.15. The summed E-state index contributed by atoms with van der Waals surface area (Å²) in [6.45, 7) is 2.50. The number of aromatic nitrogens is 3. The number of aryl methyl sites for hydroxylation is 1. The molecule has 6 nitrogen and oxygen atoms in total. The van der Waals surface area contributed by atoms with E-state index in [1.165, 1.54) is 17.5 Å². The van der Waals surface area contributed by atoms with Gasteiger partial charge in [0.05, 0.1) is 0 Å². The van der Waals surface area contributed by atoms with E-state index in [-0.39, 0.29) is 5.91 Å². The molecule has 0 unspecified atom stereocenters. The van der Waals surface area contributed by atoms with E-state index >= 15 is 0 Å². The van der Waals surface area contributed by atoms with Crippen molar-refractivity contribution in [3.63, 3.8) is 0 Å². The van der Waals surface area contributed by atoms with Crippen molar-refractivity contribution in [3.8, 4) is 0 Å². The average molecular weight is 285 g/mol. The first-order valence-electron chi connectivity index (χ1n) is 7.28. The van der Waals surface area contributed by atoms with Gasteiger partial charge in [-0.15, -0.1) is 0 Å². The second kappa shape index (κ2) is 6.49. The van der Waals surface area contributed by atoms with Crippen molar-refractivity contribution in [2.24, 2.45) is 0 Å². The highest BCUT2D eigenvalue weighted by atomic mass is 16.1. The molecule has 0 aliphatic carbocycles. The second-order valence-corrected chi connectivity index (χ2v) is 5.20. The smallest absolute Gasteiger partial charge is 0.251 e. The maximum atomic E-state index is 12.1. The van der Waals surface area contributed by atoms with Crippen LogP contribution < -0.4 is 10.6 Å². The molecule has 2 heterocycles. The van der Waals surface area contributed by atoms with Gasteiger partial charge in [0.25, 0.3) is 5.91 Å². The first-order valence-corrected chi connectivity index (χ1v) is 7.28. The minimum absolute atomic E-state index is 0.0130. The van der Waals surface area contributed by atoms with Gasteiger partial charge in [-0.1, -0.05) is 6.07 Å². The molecule has 6 heteroatoms. The summed E-state index contributed by atoms with van der Waals surface area (Å²) in [7, 11) is 0. The molecule has 21 heavy (non-hydrogen) atoms. The van der Waals surface area contributed by atoms with Crippen LogP contribution in [0.2, 0.25) is 0 Å². The summed E-state index contributed by atoms with van der Waals surface area (Å²) in [5.41, 5.74) is 3.31. The van der Waals surface area contributed by atoms with Gasteiger partial charge in [-0.05, 0) is 42.6 Å². The zero-order chi connectivity index (χ0) is 14.5. The molecule has 0 saturated carbocycles. The lowest BCUT2D eigenvalue weighted by atomic mass is 9.98. The fourth-order valence-corrected chi connectivity index (χ4v) is 2.53. The average Bonchev–Trinajstić information content (AvgIpc) is 3.04. The van der Waals surface area contributed by atoms with Crippen molar-refractivity contribution in [1.29, 1.82) is 0 Å². The molecule has 1 amide bonds. The summed E-state index contributed by atoms with van der Waals surface area (Å²) in [6.07, 6.45) is 4.16. The summed E-state index contributed by atoms with van der Waals surface area (Å²) in [5, 5.41) is 12.9. The number of benzene rings is 1. The van der Waals surface area contributed by atoms with Crippen molar-refractivity contribution in [2.75, 3.05) is 13.1 Å². The van der Waals surface area contributed by atoms with Crippen LogP contribution in [0.3, 0.4) is 0 Å². The van der Waals surface area contributed by atoms with Crippen molar-refractivity contribution in [2.45, 2.75) is 25.8 Å². The Labute approximate surface area is 123 Å². The Hall–Kier alpha value is -2.21. The molecule has 0 spiro atoms. The van der Waals surface area contributed by atoms with Crippen molar-refractivity contribution in [1.82, 2.24) is 25.8 Å². The van der Waals surface area contributed by atoms with Crippen molar-refractivity contribution < 1.29 is 4.79 Å². The minimum Gasteiger partial charge on any atom is -0.352 e. The van der Waals surface area contributed by atoms with Gasteiger partial charge < -0.3 is 10.6 Å². The number of carbonyl (C=O) groups excluding carboxylic acids is 1. The highest BCUT2D eigenvalue weighted by Gasteiger charge is 2.12. The molecule has 1 aromatic heterocycles. The number of hydrogen-bond donors (Lipinski definition) is 3. The number of H-pyrrole nitrogens is 1. The summed E-state index contributed by atoms with van der Waals surface area (Å²) in [6, 6.07) is 5.98. The van der Waals surface area contributed by atoms with Crippen LogP contribution in [-0.4, -0.2) is 34.2 Å². The van der Waals surface area contributed by atoms with E-state index in [0.29, 0.717) is 6.54 Å². The molecule has 1 aliphatic heterocycles. The lowest BCUT2D eigenvalue weighted by Gasteiger charge is -2.17. The molecule has 2 aromatic rings. The van der Waals surface area contributed by atoms with Crippen LogP contribution in [0.15, 0.2) is 24.5 Å². The van der Waals surface area contributed by atoms with Gasteiger partial charge in [-0.3, -0.25) is 9.89 Å². The molecule has 1 aromatic carbocycles. The summed E-state index contributed by atoms with van der Waals surface area (Å²) in [4.78, 5) is 16.2. The molecule has 0 bridgehead atoms. The van der Waals surface area contributed by atoms with Gasteiger partial charge in [0, 0.05) is 25.1 Å². The van der Waals surface area contributed by atoms with E-state index in [0.717, 1.165) is 43.7 Å². The Morgan fingerprint density at radius 2 is 2.29 bits per heavy atom. The number of carbonyl (C=O) groups is 1. The molecule has 3 rings (SSSR count). The van der Waals surface area contributed by atoms with Crippen LogP contribution in [0.5, 0.6) is 0 Å². The summed E-state index contributed by atoms with van der Waals surface area (Å²) >= 11 is 0. The number of aromatic amines is 1. The van der Waals surface area contributed by atoms with Gasteiger partial charge in [-0.25, -0.2) is 4.98 Å². The SMILES string of the molecule is O=C(NCCCc1ncn[nH]1)c1ccc2c(c1)CNCC2. The fraction of sp³-hybridized carbons (Fsp3) is 0.400. The van der Waals surface area contributed by atoms with E-state index in [1.54, 1.807) is 0 Å². The molecule has 3 N–H and O–H groups in total. The molecule has 1 aliphatic rings. The number of nitrogens with zero attached hydrogens (tertiary/aromatic N) is 2. The van der Waals surface area contributed by atoms with E-state index in [1.807, 2.05) is 12.1 Å². The van der Waals surface area contributed by atoms with Crippen molar-refractivity contribution in [3.05, 3.63) is 47.0 Å². The number of amides is 1. The molecule has 0 saturated heterocycles. The first kappa shape index (κ1) is 13.8. The number of hydrogen-bond acceptors (Lipinski definition) is 4. The lowest BCUT2D eigenvalue weighted by Crippen LogP contribution is -2.27. The van der Waals surface area contributed by atoms with Crippen LogP contribution in [0.25, 0.3) is 0 Å². The zero-order valence-corrected chi connectivity index (χ0v) is 11.9. The van der Waals surface area contributed by atoms with Crippen LogP contribution in [0.1, 0.15) is 33.7 Å². The van der Waals surface area contributed by atoms with Crippen LogP contribution in [0.4, 0.5) is 0 Å². The number of nitrogens with one attached hydrogen (secondary N) is 3. The zero-order valence-electron chi connectivity index (χ0n) is 11.9. The van der Waals surface area contributed by atoms with E-state index in [9.17, 15) is 4.79 Å². The molecule has 0 atom stereocenters. The normalized spacial score (nSPS) is 13.7. The van der Waals surface area contributed by atoms with E-state index in [2.05, 4.69) is 31.9 Å². The summed E-state index contributed by atoms with van der Waals surface area (Å²) < 4.78 is 0. The van der Waals surface area contributed by atoms with Gasteiger partial charge in [0.15, 0.2) is 0 Å². The van der Waals surface area contributed by atoms with Crippen molar-refractivity contribution >= 4 is 5.91 Å². The van der Waals surface area contributed by atoms with Crippen LogP contribution >= 0.6 is 0 Å². The lowest BCUT2D eigenvalue weighted by molar-refractivity contribution is 0.0953. The van der Waals surface area contributed by atoms with Gasteiger partial charge in [0.1, 0.15) is 12.2 Å².